The van der Waals surface area contributed by atoms with Crippen molar-refractivity contribution in [3.05, 3.63) is 45.6 Å². The molecule has 112 valence electrons. The summed E-state index contributed by atoms with van der Waals surface area (Å²) in [5.74, 6) is 0.305. The van der Waals surface area contributed by atoms with Crippen molar-refractivity contribution < 1.29 is 8.42 Å². The number of aryl methyl sites for hydroxylation is 2. The Hall–Kier alpha value is -1.60. The first-order valence-electron chi connectivity index (χ1n) is 6.23. The van der Waals surface area contributed by atoms with Gasteiger partial charge in [-0.05, 0) is 65.5 Å². The molecule has 1 aromatic carbocycles. The van der Waals surface area contributed by atoms with Crippen molar-refractivity contribution in [1.82, 2.24) is 4.98 Å². The molecule has 1 heterocycles. The molecule has 0 atom stereocenters. The van der Waals surface area contributed by atoms with Crippen molar-refractivity contribution in [1.29, 1.82) is 0 Å². The van der Waals surface area contributed by atoms with Crippen LogP contribution in [0.4, 0.5) is 11.5 Å². The first-order valence-corrected chi connectivity index (χ1v) is 8.50. The largest absolute Gasteiger partial charge is 0.398 e. The van der Waals surface area contributed by atoms with Crippen molar-refractivity contribution >= 4 is 37.5 Å². The quantitative estimate of drug-likeness (QED) is 0.813. The van der Waals surface area contributed by atoms with Gasteiger partial charge in [0.15, 0.2) is 0 Å². The first-order chi connectivity index (χ1) is 9.72. The third-order valence-corrected chi connectivity index (χ3v) is 5.25. The zero-order valence-corrected chi connectivity index (χ0v) is 14.3. The van der Waals surface area contributed by atoms with E-state index in [1.54, 1.807) is 45.2 Å². The number of anilines is 2. The lowest BCUT2D eigenvalue weighted by Gasteiger charge is -2.15. The summed E-state index contributed by atoms with van der Waals surface area (Å²) < 4.78 is 28.5. The number of halogens is 1. The van der Waals surface area contributed by atoms with Crippen molar-refractivity contribution in [3.8, 4) is 0 Å². The van der Waals surface area contributed by atoms with Gasteiger partial charge in [0.25, 0.3) is 10.0 Å². The minimum Gasteiger partial charge on any atom is -0.398 e. The summed E-state index contributed by atoms with van der Waals surface area (Å²) in [4.78, 5) is 4.30. The number of nitrogens with one attached hydrogen (secondary N) is 1. The first kappa shape index (κ1) is 15.8. The molecule has 3 N–H and O–H groups in total. The zero-order chi connectivity index (χ0) is 15.8. The molecular formula is C14H16BrN3O2S. The number of pyridine rings is 1. The maximum absolute atomic E-state index is 12.6. The predicted octanol–water partition coefficient (Wildman–Crippen LogP) is 3.15. The summed E-state index contributed by atoms with van der Waals surface area (Å²) in [6.07, 6.45) is 1.55. The van der Waals surface area contributed by atoms with E-state index in [9.17, 15) is 8.42 Å². The van der Waals surface area contributed by atoms with Gasteiger partial charge in [-0.15, -0.1) is 0 Å². The fraction of sp³-hybridized carbons (Fsp3) is 0.214. The number of benzene rings is 1. The maximum Gasteiger partial charge on any atom is 0.263 e. The van der Waals surface area contributed by atoms with E-state index in [1.165, 1.54) is 0 Å². The van der Waals surface area contributed by atoms with Crippen molar-refractivity contribution in [3.63, 3.8) is 0 Å². The summed E-state index contributed by atoms with van der Waals surface area (Å²) in [7, 11) is -3.74. The van der Waals surface area contributed by atoms with Gasteiger partial charge in [-0.3, -0.25) is 4.72 Å². The van der Waals surface area contributed by atoms with Gasteiger partial charge in [-0.25, -0.2) is 13.4 Å². The van der Waals surface area contributed by atoms with Crippen LogP contribution in [0.3, 0.4) is 0 Å². The highest BCUT2D eigenvalue weighted by Gasteiger charge is 2.22. The topological polar surface area (TPSA) is 85.1 Å². The van der Waals surface area contributed by atoms with E-state index in [0.717, 1.165) is 10.0 Å². The van der Waals surface area contributed by atoms with E-state index in [0.29, 0.717) is 22.6 Å². The normalized spacial score (nSPS) is 11.4. The number of sulfonamides is 1. The smallest absolute Gasteiger partial charge is 0.263 e. The number of rotatable bonds is 3. The molecule has 0 fully saturated rings. The third-order valence-electron chi connectivity index (χ3n) is 3.19. The van der Waals surface area contributed by atoms with Gasteiger partial charge in [0.2, 0.25) is 0 Å². The zero-order valence-electron chi connectivity index (χ0n) is 11.9. The van der Waals surface area contributed by atoms with Crippen LogP contribution in [0.15, 0.2) is 33.8 Å². The fourth-order valence-electron chi connectivity index (χ4n) is 2.08. The molecule has 0 saturated heterocycles. The van der Waals surface area contributed by atoms with Crippen LogP contribution in [-0.4, -0.2) is 13.4 Å². The summed E-state index contributed by atoms with van der Waals surface area (Å²) in [6.45, 7) is 5.22. The minimum absolute atomic E-state index is 0.201. The molecular weight excluding hydrogens is 354 g/mol. The number of aromatic nitrogens is 1. The molecule has 2 rings (SSSR count). The van der Waals surface area contributed by atoms with Crippen LogP contribution in [0.2, 0.25) is 0 Å². The van der Waals surface area contributed by atoms with Gasteiger partial charge < -0.3 is 5.73 Å². The molecule has 0 aliphatic heterocycles. The Morgan fingerprint density at radius 2 is 1.86 bits per heavy atom. The molecule has 0 radical (unpaired) electrons. The standard InChI is InChI=1S/C14H16BrN3O2S/c1-8-4-5-12(16)10(3)13(8)21(19,20)18-14-9(2)6-11(15)7-17-14/h4-7H,16H2,1-3H3,(H,17,18). The van der Waals surface area contributed by atoms with Crippen LogP contribution in [-0.2, 0) is 10.0 Å². The molecule has 7 heteroatoms. The molecule has 2 aromatic rings. The van der Waals surface area contributed by atoms with Crippen LogP contribution in [0.5, 0.6) is 0 Å². The second-order valence-corrected chi connectivity index (χ2v) is 7.39. The monoisotopic (exact) mass is 369 g/mol. The van der Waals surface area contributed by atoms with Crippen LogP contribution < -0.4 is 10.5 Å². The lowest BCUT2D eigenvalue weighted by molar-refractivity contribution is 0.600. The molecule has 21 heavy (non-hydrogen) atoms. The highest BCUT2D eigenvalue weighted by atomic mass is 79.9. The van der Waals surface area contributed by atoms with Crippen LogP contribution in [0.25, 0.3) is 0 Å². The lowest BCUT2D eigenvalue weighted by Crippen LogP contribution is -2.18. The van der Waals surface area contributed by atoms with Crippen LogP contribution >= 0.6 is 15.9 Å². The Morgan fingerprint density at radius 3 is 2.48 bits per heavy atom. The molecule has 0 spiro atoms. The Bertz CT molecular complexity index is 804. The average molecular weight is 370 g/mol. The van der Waals surface area contributed by atoms with Gasteiger partial charge in [-0.2, -0.15) is 0 Å². The van der Waals surface area contributed by atoms with Crippen LogP contribution in [0.1, 0.15) is 16.7 Å². The van der Waals surface area contributed by atoms with Gasteiger partial charge in [0.1, 0.15) is 5.82 Å². The van der Waals surface area contributed by atoms with E-state index in [4.69, 9.17) is 5.73 Å². The minimum atomic E-state index is -3.74. The molecule has 0 aliphatic carbocycles. The number of nitrogens with two attached hydrogens (primary N) is 1. The molecule has 0 saturated carbocycles. The molecule has 5 nitrogen and oxygen atoms in total. The van der Waals surface area contributed by atoms with Crippen molar-refractivity contribution in [2.75, 3.05) is 10.5 Å². The molecule has 1 aromatic heterocycles. The Kier molecular flexibility index (Phi) is 4.25. The summed E-state index contributed by atoms with van der Waals surface area (Å²) in [6, 6.07) is 5.19. The number of nitrogens with zero attached hydrogens (tertiary/aromatic N) is 1. The molecule has 0 amide bonds. The SMILES string of the molecule is Cc1cc(Br)cnc1NS(=O)(=O)c1c(C)ccc(N)c1C. The number of hydrogen-bond acceptors (Lipinski definition) is 4. The number of hydrogen-bond donors (Lipinski definition) is 2. The van der Waals surface area contributed by atoms with Crippen LogP contribution in [0, 0.1) is 20.8 Å². The molecule has 0 bridgehead atoms. The second-order valence-electron chi connectivity index (χ2n) is 4.85. The third kappa shape index (κ3) is 3.19. The lowest BCUT2D eigenvalue weighted by atomic mass is 10.1. The summed E-state index contributed by atoms with van der Waals surface area (Å²) >= 11 is 3.30. The second kappa shape index (κ2) is 5.65. The highest BCUT2D eigenvalue weighted by molar-refractivity contribution is 9.10. The van der Waals surface area contributed by atoms with Gasteiger partial charge >= 0.3 is 0 Å². The predicted molar refractivity (Wildman–Crippen MR) is 87.8 cm³/mol. The van der Waals surface area contributed by atoms with E-state index in [2.05, 4.69) is 25.6 Å². The van der Waals surface area contributed by atoms with Gasteiger partial charge in [0, 0.05) is 16.4 Å². The summed E-state index contributed by atoms with van der Waals surface area (Å²) in [5.41, 5.74) is 8.17. The Labute approximate surface area is 132 Å². The van der Waals surface area contributed by atoms with E-state index < -0.39 is 10.0 Å². The average Bonchev–Trinajstić information content (AvgIpc) is 2.37. The number of nitrogen functional groups attached to an aromatic ring is 1. The van der Waals surface area contributed by atoms with E-state index in [-0.39, 0.29) is 4.90 Å². The Balaban J connectivity index is 2.51. The van der Waals surface area contributed by atoms with Crippen molar-refractivity contribution in [2.24, 2.45) is 0 Å². The maximum atomic E-state index is 12.6. The molecule has 0 aliphatic rings. The van der Waals surface area contributed by atoms with Crippen molar-refractivity contribution in [2.45, 2.75) is 25.7 Å². The van der Waals surface area contributed by atoms with E-state index >= 15 is 0 Å². The highest BCUT2D eigenvalue weighted by Crippen LogP contribution is 2.27. The molecule has 0 unspecified atom stereocenters. The fourth-order valence-corrected chi connectivity index (χ4v) is 4.11. The van der Waals surface area contributed by atoms with E-state index in [1.807, 2.05) is 0 Å². The summed E-state index contributed by atoms with van der Waals surface area (Å²) in [5, 5.41) is 0. The Morgan fingerprint density at radius 1 is 1.19 bits per heavy atom. The van der Waals surface area contributed by atoms with Gasteiger partial charge in [-0.1, -0.05) is 6.07 Å². The van der Waals surface area contributed by atoms with Gasteiger partial charge in [0.05, 0.1) is 4.90 Å².